The second kappa shape index (κ2) is 6.68. The molecule has 4 heteroatoms. The molecule has 1 atom stereocenters. The summed E-state index contributed by atoms with van der Waals surface area (Å²) < 4.78 is 0. The highest BCUT2D eigenvalue weighted by Gasteiger charge is 2.18. The molecule has 0 saturated carbocycles. The lowest BCUT2D eigenvalue weighted by atomic mass is 10.1. The van der Waals surface area contributed by atoms with Gasteiger partial charge in [-0.15, -0.1) is 0 Å². The molecular formula is C15H22N2O2. The maximum atomic E-state index is 10.7. The van der Waals surface area contributed by atoms with Crippen LogP contribution in [0.5, 0.6) is 0 Å². The van der Waals surface area contributed by atoms with Crippen molar-refractivity contribution < 1.29 is 9.90 Å². The zero-order chi connectivity index (χ0) is 13.7. The molecule has 1 unspecified atom stereocenters. The predicted molar refractivity (Wildman–Crippen MR) is 75.3 cm³/mol. The first-order valence-electron chi connectivity index (χ1n) is 6.86. The average Bonchev–Trinajstić information content (AvgIpc) is 2.81. The van der Waals surface area contributed by atoms with Crippen LogP contribution in [0.2, 0.25) is 0 Å². The van der Waals surface area contributed by atoms with Crippen molar-refractivity contribution in [1.82, 2.24) is 10.2 Å². The monoisotopic (exact) mass is 262 g/mol. The lowest BCUT2D eigenvalue weighted by Gasteiger charge is -2.11. The Morgan fingerprint density at radius 2 is 2.16 bits per heavy atom. The van der Waals surface area contributed by atoms with Gasteiger partial charge >= 0.3 is 5.97 Å². The van der Waals surface area contributed by atoms with E-state index in [1.165, 1.54) is 25.9 Å². The first kappa shape index (κ1) is 14.0. The van der Waals surface area contributed by atoms with Gasteiger partial charge in [0.15, 0.2) is 0 Å². The average molecular weight is 262 g/mol. The smallest absolute Gasteiger partial charge is 0.335 e. The molecule has 1 aliphatic heterocycles. The number of carbonyl (C=O) groups is 1. The summed E-state index contributed by atoms with van der Waals surface area (Å²) in [7, 11) is 2.18. The minimum absolute atomic E-state index is 0.345. The number of rotatable bonds is 6. The van der Waals surface area contributed by atoms with Crippen molar-refractivity contribution in [2.75, 3.05) is 26.7 Å². The van der Waals surface area contributed by atoms with Crippen LogP contribution in [0.25, 0.3) is 0 Å². The summed E-state index contributed by atoms with van der Waals surface area (Å²) in [5.74, 6) is -0.0447. The molecule has 2 N–H and O–H groups in total. The maximum absolute atomic E-state index is 10.7. The fraction of sp³-hybridized carbons (Fsp3) is 0.533. The van der Waals surface area contributed by atoms with Gasteiger partial charge in [-0.3, -0.25) is 0 Å². The molecule has 0 aromatic heterocycles. The first-order valence-corrected chi connectivity index (χ1v) is 6.86. The Morgan fingerprint density at radius 1 is 1.42 bits per heavy atom. The first-order chi connectivity index (χ1) is 9.15. The molecule has 1 saturated heterocycles. The van der Waals surface area contributed by atoms with E-state index in [0.29, 0.717) is 5.56 Å². The summed E-state index contributed by atoms with van der Waals surface area (Å²) in [6, 6.07) is 7.07. The van der Waals surface area contributed by atoms with Crippen molar-refractivity contribution in [1.29, 1.82) is 0 Å². The van der Waals surface area contributed by atoms with E-state index in [0.717, 1.165) is 24.6 Å². The van der Waals surface area contributed by atoms with Crippen LogP contribution in [-0.4, -0.2) is 42.7 Å². The van der Waals surface area contributed by atoms with Gasteiger partial charge in [-0.25, -0.2) is 4.79 Å². The molecule has 0 radical (unpaired) electrons. The van der Waals surface area contributed by atoms with Gasteiger partial charge in [-0.2, -0.15) is 0 Å². The van der Waals surface area contributed by atoms with Crippen molar-refractivity contribution in [2.45, 2.75) is 19.4 Å². The normalized spacial score (nSPS) is 19.7. The van der Waals surface area contributed by atoms with Crippen LogP contribution < -0.4 is 5.32 Å². The van der Waals surface area contributed by atoms with E-state index >= 15 is 0 Å². The van der Waals surface area contributed by atoms with E-state index < -0.39 is 5.97 Å². The summed E-state index contributed by atoms with van der Waals surface area (Å²) >= 11 is 0. The fourth-order valence-electron chi connectivity index (χ4n) is 2.57. The van der Waals surface area contributed by atoms with Crippen molar-refractivity contribution in [2.24, 2.45) is 5.92 Å². The van der Waals surface area contributed by atoms with Gasteiger partial charge in [0.25, 0.3) is 0 Å². The number of nitrogens with one attached hydrogen (secondary N) is 1. The largest absolute Gasteiger partial charge is 0.478 e. The number of aromatic carboxylic acids is 1. The van der Waals surface area contributed by atoms with Crippen LogP contribution in [0.4, 0.5) is 0 Å². The Balaban J connectivity index is 1.66. The number of likely N-dealkylation sites (tertiary alicyclic amines) is 1. The fourth-order valence-corrected chi connectivity index (χ4v) is 2.57. The highest BCUT2D eigenvalue weighted by molar-refractivity contribution is 5.87. The molecule has 1 aromatic rings. The molecule has 2 rings (SSSR count). The molecule has 1 aliphatic rings. The summed E-state index contributed by atoms with van der Waals surface area (Å²) in [5, 5.41) is 12.2. The van der Waals surface area contributed by atoms with Crippen LogP contribution >= 0.6 is 0 Å². The molecule has 0 bridgehead atoms. The lowest BCUT2D eigenvalue weighted by Crippen LogP contribution is -2.20. The highest BCUT2D eigenvalue weighted by atomic mass is 16.4. The van der Waals surface area contributed by atoms with Gasteiger partial charge in [0.1, 0.15) is 0 Å². The van der Waals surface area contributed by atoms with Gasteiger partial charge in [0.05, 0.1) is 5.56 Å². The standard InChI is InChI=1S/C15H22N2O2/c1-17-9-7-13(11-17)6-8-16-10-12-2-4-14(5-3-12)15(18)19/h2-5,13,16H,6-11H2,1H3,(H,18,19). The third kappa shape index (κ3) is 4.33. The number of carboxylic acids is 1. The quantitative estimate of drug-likeness (QED) is 0.768. The van der Waals surface area contributed by atoms with E-state index in [-0.39, 0.29) is 0 Å². The molecule has 0 spiro atoms. The predicted octanol–water partition coefficient (Wildman–Crippen LogP) is 1.82. The van der Waals surface area contributed by atoms with Crippen molar-refractivity contribution >= 4 is 5.97 Å². The van der Waals surface area contributed by atoms with Gasteiger partial charge in [-0.1, -0.05) is 12.1 Å². The zero-order valence-corrected chi connectivity index (χ0v) is 11.4. The Labute approximate surface area is 114 Å². The molecule has 104 valence electrons. The Bertz CT molecular complexity index is 417. The SMILES string of the molecule is CN1CCC(CCNCc2ccc(C(=O)O)cc2)C1. The Morgan fingerprint density at radius 3 is 2.74 bits per heavy atom. The summed E-state index contributed by atoms with van der Waals surface area (Å²) in [5.41, 5.74) is 1.48. The molecular weight excluding hydrogens is 240 g/mol. The Kier molecular flexibility index (Phi) is 4.93. The van der Waals surface area contributed by atoms with Gasteiger partial charge < -0.3 is 15.3 Å². The van der Waals surface area contributed by atoms with Crippen LogP contribution in [0.1, 0.15) is 28.8 Å². The van der Waals surface area contributed by atoms with E-state index in [4.69, 9.17) is 5.11 Å². The van der Waals surface area contributed by atoms with Gasteiger partial charge in [0.2, 0.25) is 0 Å². The third-order valence-corrected chi connectivity index (χ3v) is 3.75. The lowest BCUT2D eigenvalue weighted by molar-refractivity contribution is 0.0697. The molecule has 0 amide bonds. The summed E-state index contributed by atoms with van der Waals surface area (Å²) in [4.78, 5) is 13.1. The molecule has 1 fully saturated rings. The number of benzene rings is 1. The van der Waals surface area contributed by atoms with Crippen molar-refractivity contribution in [3.05, 3.63) is 35.4 Å². The molecule has 0 aliphatic carbocycles. The highest BCUT2D eigenvalue weighted by Crippen LogP contribution is 2.17. The van der Waals surface area contributed by atoms with E-state index in [9.17, 15) is 4.79 Å². The van der Waals surface area contributed by atoms with Crippen LogP contribution in [0.3, 0.4) is 0 Å². The second-order valence-electron chi connectivity index (χ2n) is 5.38. The molecule has 4 nitrogen and oxygen atoms in total. The minimum Gasteiger partial charge on any atom is -0.478 e. The third-order valence-electron chi connectivity index (χ3n) is 3.75. The number of hydrogen-bond donors (Lipinski definition) is 2. The number of nitrogens with zero attached hydrogens (tertiary/aromatic N) is 1. The van der Waals surface area contributed by atoms with Crippen LogP contribution in [-0.2, 0) is 6.54 Å². The minimum atomic E-state index is -0.870. The van der Waals surface area contributed by atoms with E-state index in [1.807, 2.05) is 12.1 Å². The number of carboxylic acid groups (broad SMARTS) is 1. The maximum Gasteiger partial charge on any atom is 0.335 e. The molecule has 19 heavy (non-hydrogen) atoms. The molecule has 1 heterocycles. The summed E-state index contributed by atoms with van der Waals surface area (Å²) in [6.45, 7) is 4.28. The van der Waals surface area contributed by atoms with E-state index in [1.54, 1.807) is 12.1 Å². The topological polar surface area (TPSA) is 52.6 Å². The van der Waals surface area contributed by atoms with Gasteiger partial charge in [-0.05, 0) is 56.6 Å². The zero-order valence-electron chi connectivity index (χ0n) is 11.4. The Hall–Kier alpha value is -1.39. The molecule has 1 aromatic carbocycles. The number of hydrogen-bond acceptors (Lipinski definition) is 3. The van der Waals surface area contributed by atoms with Crippen LogP contribution in [0.15, 0.2) is 24.3 Å². The van der Waals surface area contributed by atoms with Crippen molar-refractivity contribution in [3.63, 3.8) is 0 Å². The van der Waals surface area contributed by atoms with Crippen molar-refractivity contribution in [3.8, 4) is 0 Å². The second-order valence-corrected chi connectivity index (χ2v) is 5.38. The van der Waals surface area contributed by atoms with Crippen LogP contribution in [0, 0.1) is 5.92 Å². The van der Waals surface area contributed by atoms with E-state index in [2.05, 4.69) is 17.3 Å². The van der Waals surface area contributed by atoms with Gasteiger partial charge in [0, 0.05) is 13.1 Å². The summed E-state index contributed by atoms with van der Waals surface area (Å²) in [6.07, 6.45) is 2.53.